The Kier molecular flexibility index (Phi) is 21.5. The van der Waals surface area contributed by atoms with Crippen LogP contribution in [-0.4, -0.2) is 136 Å². The Bertz CT molecular complexity index is 4030. The number of aromatic nitrogens is 9. The van der Waals surface area contributed by atoms with Crippen molar-refractivity contribution in [1.82, 2.24) is 43.6 Å². The molecule has 6 aromatic heterocycles. The van der Waals surface area contributed by atoms with E-state index in [0.29, 0.717) is 45.5 Å². The van der Waals surface area contributed by atoms with Gasteiger partial charge in [-0.1, -0.05) is 65.8 Å². The second-order valence-corrected chi connectivity index (χ2v) is 23.4. The highest BCUT2D eigenvalue weighted by Gasteiger charge is 2.60. The van der Waals surface area contributed by atoms with E-state index in [9.17, 15) is 38.4 Å². The molecule has 14 rings (SSSR count). The van der Waals surface area contributed by atoms with Gasteiger partial charge in [0.15, 0.2) is 42.1 Å². The van der Waals surface area contributed by atoms with Gasteiger partial charge in [-0.05, 0) is 147 Å². The van der Waals surface area contributed by atoms with Crippen LogP contribution < -0.4 is 0 Å². The van der Waals surface area contributed by atoms with Gasteiger partial charge in [-0.25, -0.2) is 43.1 Å². The molecule has 5 aliphatic heterocycles. The molecule has 0 aliphatic carbocycles. The van der Waals surface area contributed by atoms with Crippen LogP contribution in [0, 0.1) is 59.0 Å². The largest absolute Gasteiger partial charge is 0.387 e. The average molecular weight is 1290 g/mol. The zero-order valence-electron chi connectivity index (χ0n) is 55.2. The fourth-order valence-corrected chi connectivity index (χ4v) is 12.3. The van der Waals surface area contributed by atoms with Gasteiger partial charge < -0.3 is 67.3 Å². The smallest absolute Gasteiger partial charge is 0.194 e. The molecule has 5 aliphatic rings. The number of aryl methyl sites for hydroxylation is 6. The van der Waals surface area contributed by atoms with Gasteiger partial charge in [-0.3, -0.25) is 4.79 Å². The molecule has 0 radical (unpaired) electrons. The number of ketones is 1. The van der Waals surface area contributed by atoms with Crippen LogP contribution in [0.5, 0.6) is 0 Å². The average Bonchev–Trinajstić information content (AvgIpc) is 1.59. The Balaban J connectivity index is 0.000000158. The summed E-state index contributed by atoms with van der Waals surface area (Å²) in [6.07, 6.45) is -6.07. The SMILES string of the molecule is CC.CC.CC.Cc1nc(C)c2ccn([C@@H]3O[C@H](C(=O)c4ccc(F)cc4)[C@H]4OC(C)(C)O[C@H]43)c2n1.Cc1nc(C)c2ccn([C@@H]3O[C@H]([C@H](O)c4ccc(F)cc4)[C@@H](O)[C@H]3O)c2n1.Cc1nc(C)c2ccn([C@@H]3O[C@H]([C@H](O)c4ccc(F)cc4)[C@H]4OC(C)(C)O[C@H]43)c2n1. The third-order valence-corrected chi connectivity index (χ3v) is 16.2. The van der Waals surface area contributed by atoms with Crippen molar-refractivity contribution in [3.63, 3.8) is 0 Å². The molecule has 14 atom stereocenters. The molecule has 9 aromatic rings. The summed E-state index contributed by atoms with van der Waals surface area (Å²) >= 11 is 0. The first-order valence-corrected chi connectivity index (χ1v) is 31.5. The zero-order valence-corrected chi connectivity index (χ0v) is 55.2. The van der Waals surface area contributed by atoms with Crippen molar-refractivity contribution in [3.8, 4) is 0 Å². The second-order valence-electron chi connectivity index (χ2n) is 23.4. The highest BCUT2D eigenvalue weighted by Crippen LogP contribution is 2.48. The summed E-state index contributed by atoms with van der Waals surface area (Å²) in [4.78, 5) is 39.9. The van der Waals surface area contributed by atoms with Crippen molar-refractivity contribution < 1.29 is 71.5 Å². The van der Waals surface area contributed by atoms with Gasteiger partial charge in [0.2, 0.25) is 0 Å². The number of hydrogen-bond donors (Lipinski definition) is 4. The summed E-state index contributed by atoms with van der Waals surface area (Å²) in [5, 5.41) is 45.2. The second kappa shape index (κ2) is 28.6. The summed E-state index contributed by atoms with van der Waals surface area (Å²) in [6, 6.07) is 22.1. The summed E-state index contributed by atoms with van der Waals surface area (Å²) in [7, 11) is 0. The van der Waals surface area contributed by atoms with Crippen molar-refractivity contribution in [2.75, 3.05) is 0 Å². The first-order chi connectivity index (χ1) is 44.3. The van der Waals surface area contributed by atoms with E-state index in [0.717, 1.165) is 38.9 Å². The molecular formula is C69H84F3N9O12. The van der Waals surface area contributed by atoms with Crippen LogP contribution in [0.3, 0.4) is 0 Å². The van der Waals surface area contributed by atoms with E-state index in [1.165, 1.54) is 60.7 Å². The normalized spacial score (nSPS) is 26.1. The number of rotatable bonds is 9. The molecule has 0 bridgehead atoms. The Hall–Kier alpha value is -7.46. The Morgan fingerprint density at radius 1 is 0.441 bits per heavy atom. The molecule has 498 valence electrons. The topological polar surface area (TPSA) is 255 Å². The number of aliphatic hydroxyl groups excluding tert-OH is 4. The lowest BCUT2D eigenvalue weighted by atomic mass is 9.99. The van der Waals surface area contributed by atoms with Crippen LogP contribution in [0.2, 0.25) is 0 Å². The lowest BCUT2D eigenvalue weighted by molar-refractivity contribution is -0.207. The molecule has 0 unspecified atom stereocenters. The molecule has 3 aromatic carbocycles. The van der Waals surface area contributed by atoms with Crippen molar-refractivity contribution in [2.24, 2.45) is 0 Å². The van der Waals surface area contributed by atoms with E-state index >= 15 is 0 Å². The fourth-order valence-electron chi connectivity index (χ4n) is 12.3. The van der Waals surface area contributed by atoms with Crippen LogP contribution in [0.15, 0.2) is 110 Å². The number of benzene rings is 3. The van der Waals surface area contributed by atoms with Gasteiger partial charge in [-0.15, -0.1) is 0 Å². The van der Waals surface area contributed by atoms with Crippen LogP contribution >= 0.6 is 0 Å². The van der Waals surface area contributed by atoms with E-state index < -0.39 is 109 Å². The maximum atomic E-state index is 13.3. The maximum absolute atomic E-state index is 13.3. The third kappa shape index (κ3) is 14.2. The number of aliphatic hydroxyl groups is 4. The maximum Gasteiger partial charge on any atom is 0.194 e. The Morgan fingerprint density at radius 2 is 0.774 bits per heavy atom. The van der Waals surface area contributed by atoms with Crippen molar-refractivity contribution >= 4 is 38.9 Å². The van der Waals surface area contributed by atoms with Crippen molar-refractivity contribution in [2.45, 2.75) is 208 Å². The van der Waals surface area contributed by atoms with Gasteiger partial charge in [0.05, 0.1) is 17.1 Å². The first kappa shape index (κ1) is 69.9. The van der Waals surface area contributed by atoms with Crippen LogP contribution in [0.1, 0.15) is 156 Å². The number of carbonyl (C=O) groups excluding carboxylic acids is 1. The molecule has 5 saturated heterocycles. The number of fused-ring (bicyclic) bond motifs is 5. The fraction of sp³-hybridized carbons (Fsp3) is 0.464. The van der Waals surface area contributed by atoms with E-state index in [2.05, 4.69) is 29.9 Å². The summed E-state index contributed by atoms with van der Waals surface area (Å²) in [6.45, 7) is 30.5. The third-order valence-electron chi connectivity index (χ3n) is 16.2. The van der Waals surface area contributed by atoms with Gasteiger partial charge in [0.25, 0.3) is 0 Å². The molecule has 93 heavy (non-hydrogen) atoms. The van der Waals surface area contributed by atoms with E-state index in [1.807, 2.05) is 144 Å². The van der Waals surface area contributed by atoms with Gasteiger partial charge >= 0.3 is 0 Å². The number of carbonyl (C=O) groups is 1. The molecule has 0 saturated carbocycles. The zero-order chi connectivity index (χ0) is 67.7. The molecular weight excluding hydrogens is 1200 g/mol. The lowest BCUT2D eigenvalue weighted by Crippen LogP contribution is -2.35. The molecule has 24 heteroatoms. The molecule has 0 amide bonds. The number of Topliss-reactive ketones (excluding diaryl/α,β-unsaturated/α-hetero) is 1. The van der Waals surface area contributed by atoms with Crippen LogP contribution in [0.4, 0.5) is 13.2 Å². The number of halogens is 3. The summed E-state index contributed by atoms with van der Waals surface area (Å²) in [5.41, 5.74) is 5.90. The summed E-state index contributed by atoms with van der Waals surface area (Å²) in [5.74, 6) is -1.24. The minimum absolute atomic E-state index is 0.271. The molecule has 11 heterocycles. The van der Waals surface area contributed by atoms with Crippen molar-refractivity contribution in [1.29, 1.82) is 0 Å². The van der Waals surface area contributed by atoms with Crippen molar-refractivity contribution in [3.05, 3.63) is 178 Å². The van der Waals surface area contributed by atoms with Gasteiger partial charge in [0, 0.05) is 40.3 Å². The minimum atomic E-state index is -1.32. The van der Waals surface area contributed by atoms with Crippen LogP contribution in [0.25, 0.3) is 33.1 Å². The highest BCUT2D eigenvalue weighted by atomic mass is 19.1. The monoisotopic (exact) mass is 1290 g/mol. The number of nitrogens with zero attached hydrogens (tertiary/aromatic N) is 9. The van der Waals surface area contributed by atoms with Gasteiger partial charge in [-0.2, -0.15) is 0 Å². The van der Waals surface area contributed by atoms with Gasteiger partial charge in [0.1, 0.15) is 113 Å². The molecule has 0 spiro atoms. The quantitative estimate of drug-likeness (QED) is 0.0980. The number of hydrogen-bond acceptors (Lipinski definition) is 18. The van der Waals surface area contributed by atoms with E-state index in [-0.39, 0.29) is 11.6 Å². The summed E-state index contributed by atoms with van der Waals surface area (Å²) < 4.78 is 88.0. The predicted octanol–water partition coefficient (Wildman–Crippen LogP) is 11.4. The molecule has 21 nitrogen and oxygen atoms in total. The molecule has 4 N–H and O–H groups in total. The first-order valence-electron chi connectivity index (χ1n) is 31.5. The predicted molar refractivity (Wildman–Crippen MR) is 340 cm³/mol. The van der Waals surface area contributed by atoms with E-state index in [1.54, 1.807) is 29.8 Å². The Labute approximate surface area is 538 Å². The standard InChI is InChI=1S/C22H24FN3O4.C22H22FN3O4.C19H20FN3O4.3C2H6/c2*1-11-15-9-10-26(20(15)25-12(2)24-11)21-19-18(29-22(3,4)30-19)17(28-21)16(27)13-5-7-14(23)8-6-13;1-9-13-7-8-23(18(13)22-10(2)21-9)19-16(26)15(25)17(27-19)14(24)11-3-5-12(20)6-4-11;3*1-2/h5-10,16-19,21,27H,1-4H3;5-10,17-19,21H,1-4H3;3-8,14-17,19,24-26H,1-2H3;3*1-2H3/t16-,17-,18-,19-,21-;17-,18-,19-,21-;14-,15+,16-,17-,19-;;;/m111.../s1. The highest BCUT2D eigenvalue weighted by molar-refractivity contribution is 6.00. The minimum Gasteiger partial charge on any atom is -0.387 e. The number of ether oxygens (including phenoxy) is 7. The lowest BCUT2D eigenvalue weighted by Gasteiger charge is -2.27. The van der Waals surface area contributed by atoms with Crippen LogP contribution in [-0.2, 0) is 33.2 Å². The Morgan fingerprint density at radius 3 is 1.19 bits per heavy atom. The van der Waals surface area contributed by atoms with E-state index in [4.69, 9.17) is 33.2 Å². The molecule has 5 fully saturated rings.